The van der Waals surface area contributed by atoms with Crippen LogP contribution in [0.2, 0.25) is 0 Å². The number of hydrogen-bond acceptors (Lipinski definition) is 2. The fourth-order valence-corrected chi connectivity index (χ4v) is 1.70. The first-order valence-electron chi connectivity index (χ1n) is 4.48. The molecule has 0 N–H and O–H groups in total. The molecule has 0 aromatic rings. The summed E-state index contributed by atoms with van der Waals surface area (Å²) in [4.78, 5) is 2.48. The maximum absolute atomic E-state index is 5.43. The summed E-state index contributed by atoms with van der Waals surface area (Å²) in [5.41, 5.74) is 0.134. The Bertz CT molecular complexity index is 127. The Balaban J connectivity index is 2.33. The van der Waals surface area contributed by atoms with Gasteiger partial charge in [-0.05, 0) is 26.3 Å². The molecule has 1 atom stereocenters. The van der Waals surface area contributed by atoms with Gasteiger partial charge in [0.15, 0.2) is 0 Å². The van der Waals surface area contributed by atoms with Crippen LogP contribution in [0, 0.1) is 0 Å². The molecule has 1 fully saturated rings. The van der Waals surface area contributed by atoms with Gasteiger partial charge in [0.05, 0.1) is 5.60 Å². The molecule has 1 aliphatic heterocycles. The Labute approximate surface area is 69.5 Å². The Morgan fingerprint density at radius 3 is 2.73 bits per heavy atom. The van der Waals surface area contributed by atoms with Gasteiger partial charge in [0.25, 0.3) is 0 Å². The fraction of sp³-hybridized carbons (Fsp3) is 1.00. The van der Waals surface area contributed by atoms with Crippen molar-refractivity contribution < 1.29 is 4.74 Å². The van der Waals surface area contributed by atoms with Crippen LogP contribution < -0.4 is 0 Å². The van der Waals surface area contributed by atoms with Crippen molar-refractivity contribution in [3.05, 3.63) is 0 Å². The van der Waals surface area contributed by atoms with Crippen molar-refractivity contribution in [3.63, 3.8) is 0 Å². The second-order valence-corrected chi connectivity index (χ2v) is 3.68. The summed E-state index contributed by atoms with van der Waals surface area (Å²) in [6.07, 6.45) is 2.43. The van der Waals surface area contributed by atoms with Crippen LogP contribution in [0.5, 0.6) is 0 Å². The second-order valence-electron chi connectivity index (χ2n) is 3.68. The van der Waals surface area contributed by atoms with Crippen molar-refractivity contribution in [2.45, 2.75) is 32.3 Å². The Hall–Kier alpha value is -0.0800. The van der Waals surface area contributed by atoms with E-state index in [1.165, 1.54) is 25.9 Å². The number of ether oxygens (including phenoxy) is 1. The molecule has 0 spiro atoms. The van der Waals surface area contributed by atoms with Crippen LogP contribution in [-0.2, 0) is 4.74 Å². The minimum Gasteiger partial charge on any atom is -0.377 e. The standard InChI is InChI=1S/C9H19NO/c1-4-6-10-7-5-9(2,8-10)11-3/h4-8H2,1-3H3. The molecule has 1 rings (SSSR count). The molecule has 0 aromatic carbocycles. The lowest BCUT2D eigenvalue weighted by molar-refractivity contribution is 0.0149. The predicted molar refractivity (Wildman–Crippen MR) is 46.8 cm³/mol. The lowest BCUT2D eigenvalue weighted by Crippen LogP contribution is -2.32. The first-order valence-corrected chi connectivity index (χ1v) is 4.48. The Morgan fingerprint density at radius 1 is 1.55 bits per heavy atom. The fourth-order valence-electron chi connectivity index (χ4n) is 1.70. The third-order valence-electron chi connectivity index (χ3n) is 2.55. The van der Waals surface area contributed by atoms with Crippen molar-refractivity contribution in [1.29, 1.82) is 0 Å². The summed E-state index contributed by atoms with van der Waals surface area (Å²) in [5, 5.41) is 0. The van der Waals surface area contributed by atoms with Gasteiger partial charge in [-0.1, -0.05) is 6.92 Å². The van der Waals surface area contributed by atoms with Gasteiger partial charge in [0, 0.05) is 20.2 Å². The summed E-state index contributed by atoms with van der Waals surface area (Å²) in [6, 6.07) is 0. The predicted octanol–water partition coefficient (Wildman–Crippen LogP) is 1.51. The highest BCUT2D eigenvalue weighted by Crippen LogP contribution is 2.23. The van der Waals surface area contributed by atoms with E-state index < -0.39 is 0 Å². The lowest BCUT2D eigenvalue weighted by atomic mass is 10.1. The molecular weight excluding hydrogens is 138 g/mol. The van der Waals surface area contributed by atoms with Crippen molar-refractivity contribution in [2.75, 3.05) is 26.7 Å². The van der Waals surface area contributed by atoms with Crippen molar-refractivity contribution >= 4 is 0 Å². The summed E-state index contributed by atoms with van der Waals surface area (Å²) in [7, 11) is 1.81. The third-order valence-corrected chi connectivity index (χ3v) is 2.55. The molecule has 0 saturated carbocycles. The molecule has 11 heavy (non-hydrogen) atoms. The molecule has 2 nitrogen and oxygen atoms in total. The zero-order chi connectivity index (χ0) is 8.32. The number of rotatable bonds is 3. The average Bonchev–Trinajstić information content (AvgIpc) is 2.35. The van der Waals surface area contributed by atoms with Gasteiger partial charge in [-0.15, -0.1) is 0 Å². The van der Waals surface area contributed by atoms with Gasteiger partial charge < -0.3 is 9.64 Å². The van der Waals surface area contributed by atoms with Crippen LogP contribution in [0.1, 0.15) is 26.7 Å². The molecule has 1 heterocycles. The summed E-state index contributed by atoms with van der Waals surface area (Å²) in [5.74, 6) is 0. The lowest BCUT2D eigenvalue weighted by Gasteiger charge is -2.22. The molecule has 0 amide bonds. The van der Waals surface area contributed by atoms with E-state index in [0.717, 1.165) is 6.54 Å². The normalized spacial score (nSPS) is 33.0. The molecule has 0 aromatic heterocycles. The van der Waals surface area contributed by atoms with Crippen molar-refractivity contribution in [1.82, 2.24) is 4.90 Å². The molecule has 1 saturated heterocycles. The quantitative estimate of drug-likeness (QED) is 0.615. The zero-order valence-electron chi connectivity index (χ0n) is 7.89. The smallest absolute Gasteiger partial charge is 0.0789 e. The van der Waals surface area contributed by atoms with Crippen molar-refractivity contribution in [3.8, 4) is 0 Å². The number of nitrogens with zero attached hydrogens (tertiary/aromatic N) is 1. The van der Waals surface area contributed by atoms with Gasteiger partial charge in [-0.3, -0.25) is 0 Å². The zero-order valence-corrected chi connectivity index (χ0v) is 7.89. The van der Waals surface area contributed by atoms with Crippen molar-refractivity contribution in [2.24, 2.45) is 0 Å². The maximum Gasteiger partial charge on any atom is 0.0789 e. The summed E-state index contributed by atoms with van der Waals surface area (Å²) >= 11 is 0. The highest BCUT2D eigenvalue weighted by Gasteiger charge is 2.32. The molecule has 0 bridgehead atoms. The van der Waals surface area contributed by atoms with Gasteiger partial charge in [-0.25, -0.2) is 0 Å². The highest BCUT2D eigenvalue weighted by atomic mass is 16.5. The molecule has 66 valence electrons. The van der Waals surface area contributed by atoms with Crippen LogP contribution in [0.3, 0.4) is 0 Å². The maximum atomic E-state index is 5.43. The summed E-state index contributed by atoms with van der Waals surface area (Å²) in [6.45, 7) is 7.96. The average molecular weight is 157 g/mol. The first-order chi connectivity index (χ1) is 5.20. The van der Waals surface area contributed by atoms with Crippen LogP contribution in [-0.4, -0.2) is 37.2 Å². The number of methoxy groups -OCH3 is 1. The second kappa shape index (κ2) is 3.55. The largest absolute Gasteiger partial charge is 0.377 e. The highest BCUT2D eigenvalue weighted by molar-refractivity contribution is 4.87. The van der Waals surface area contributed by atoms with E-state index in [0.29, 0.717) is 0 Å². The number of hydrogen-bond donors (Lipinski definition) is 0. The molecule has 0 radical (unpaired) electrons. The van der Waals surface area contributed by atoms with Crippen LogP contribution in [0.25, 0.3) is 0 Å². The minimum atomic E-state index is 0.134. The summed E-state index contributed by atoms with van der Waals surface area (Å²) < 4.78 is 5.43. The van der Waals surface area contributed by atoms with E-state index in [-0.39, 0.29) is 5.60 Å². The van der Waals surface area contributed by atoms with E-state index in [1.807, 2.05) is 7.11 Å². The molecule has 1 aliphatic rings. The monoisotopic (exact) mass is 157 g/mol. The number of likely N-dealkylation sites (tertiary alicyclic amines) is 1. The SMILES string of the molecule is CCCN1CCC(C)(OC)C1. The molecule has 0 aliphatic carbocycles. The van der Waals surface area contributed by atoms with E-state index in [2.05, 4.69) is 18.7 Å². The topological polar surface area (TPSA) is 12.5 Å². The van der Waals surface area contributed by atoms with E-state index in [4.69, 9.17) is 4.74 Å². The van der Waals surface area contributed by atoms with Gasteiger partial charge in [-0.2, -0.15) is 0 Å². The van der Waals surface area contributed by atoms with Gasteiger partial charge in [0.2, 0.25) is 0 Å². The van der Waals surface area contributed by atoms with Gasteiger partial charge in [0.1, 0.15) is 0 Å². The van der Waals surface area contributed by atoms with Crippen LogP contribution >= 0.6 is 0 Å². The Kier molecular flexibility index (Phi) is 2.90. The molecular formula is C9H19NO. The first kappa shape index (κ1) is 9.01. The van der Waals surface area contributed by atoms with Crippen LogP contribution in [0.15, 0.2) is 0 Å². The molecule has 1 unspecified atom stereocenters. The molecule has 2 heteroatoms. The minimum absolute atomic E-state index is 0.134. The Morgan fingerprint density at radius 2 is 2.27 bits per heavy atom. The van der Waals surface area contributed by atoms with E-state index in [1.54, 1.807) is 0 Å². The van der Waals surface area contributed by atoms with Gasteiger partial charge >= 0.3 is 0 Å². The van der Waals surface area contributed by atoms with E-state index >= 15 is 0 Å². The van der Waals surface area contributed by atoms with Crippen LogP contribution in [0.4, 0.5) is 0 Å². The van der Waals surface area contributed by atoms with E-state index in [9.17, 15) is 0 Å². The third kappa shape index (κ3) is 2.17.